The predicted molar refractivity (Wildman–Crippen MR) is 93.3 cm³/mol. The standard InChI is InChI=1S/C19H23NO2S/c21-18(7-6-15-10-13-23-14-15)20-11-8-17(9-12-20)19(22)16-4-2-1-3-5-16/h1-5,10,13-14,17,19,22H,6-9,11-12H2. The first-order chi connectivity index (χ1) is 11.2. The molecule has 0 bridgehead atoms. The van der Waals surface area contributed by atoms with Gasteiger partial charge in [0.25, 0.3) is 0 Å². The number of aliphatic hydroxyl groups is 1. The summed E-state index contributed by atoms with van der Waals surface area (Å²) in [5, 5.41) is 14.7. The number of hydrogen-bond donors (Lipinski definition) is 1. The monoisotopic (exact) mass is 329 g/mol. The number of piperidine rings is 1. The first-order valence-corrected chi connectivity index (χ1v) is 9.20. The van der Waals surface area contributed by atoms with Gasteiger partial charge in [0.15, 0.2) is 0 Å². The molecule has 1 atom stereocenters. The smallest absolute Gasteiger partial charge is 0.222 e. The lowest BCUT2D eigenvalue weighted by Crippen LogP contribution is -2.39. The molecule has 1 aliphatic heterocycles. The Morgan fingerprint density at radius 3 is 2.61 bits per heavy atom. The van der Waals surface area contributed by atoms with Gasteiger partial charge in [-0.1, -0.05) is 30.3 Å². The van der Waals surface area contributed by atoms with E-state index in [2.05, 4.69) is 16.8 Å². The zero-order valence-electron chi connectivity index (χ0n) is 13.2. The molecule has 0 spiro atoms. The van der Waals surface area contributed by atoms with Crippen molar-refractivity contribution in [2.24, 2.45) is 5.92 Å². The van der Waals surface area contributed by atoms with Crippen molar-refractivity contribution in [3.8, 4) is 0 Å². The molecule has 1 aliphatic rings. The quantitative estimate of drug-likeness (QED) is 0.909. The van der Waals surface area contributed by atoms with Crippen LogP contribution in [0.5, 0.6) is 0 Å². The van der Waals surface area contributed by atoms with Crippen molar-refractivity contribution >= 4 is 17.2 Å². The molecule has 23 heavy (non-hydrogen) atoms. The molecule has 1 aromatic carbocycles. The lowest BCUT2D eigenvalue weighted by atomic mass is 9.87. The van der Waals surface area contributed by atoms with Crippen LogP contribution in [-0.4, -0.2) is 29.0 Å². The topological polar surface area (TPSA) is 40.5 Å². The van der Waals surface area contributed by atoms with Crippen molar-refractivity contribution in [2.45, 2.75) is 31.8 Å². The molecule has 1 N–H and O–H groups in total. The molecular formula is C19H23NO2S. The normalized spacial score (nSPS) is 17.2. The summed E-state index contributed by atoms with van der Waals surface area (Å²) < 4.78 is 0. The van der Waals surface area contributed by atoms with Crippen LogP contribution in [0.3, 0.4) is 0 Å². The lowest BCUT2D eigenvalue weighted by Gasteiger charge is -2.34. The van der Waals surface area contributed by atoms with Crippen LogP contribution in [0, 0.1) is 5.92 Å². The second kappa shape index (κ2) is 7.75. The van der Waals surface area contributed by atoms with Gasteiger partial charge in [-0.3, -0.25) is 4.79 Å². The number of amides is 1. The molecule has 3 rings (SSSR count). The van der Waals surface area contributed by atoms with Gasteiger partial charge < -0.3 is 10.0 Å². The Labute approximate surface area is 141 Å². The maximum Gasteiger partial charge on any atom is 0.222 e. The van der Waals surface area contributed by atoms with Gasteiger partial charge in [0.05, 0.1) is 6.10 Å². The number of likely N-dealkylation sites (tertiary alicyclic amines) is 1. The van der Waals surface area contributed by atoms with Crippen molar-refractivity contribution in [1.29, 1.82) is 0 Å². The fourth-order valence-corrected chi connectivity index (χ4v) is 3.93. The van der Waals surface area contributed by atoms with E-state index in [9.17, 15) is 9.90 Å². The van der Waals surface area contributed by atoms with Crippen LogP contribution in [-0.2, 0) is 11.2 Å². The molecule has 3 nitrogen and oxygen atoms in total. The van der Waals surface area contributed by atoms with E-state index in [1.807, 2.05) is 35.2 Å². The summed E-state index contributed by atoms with van der Waals surface area (Å²) >= 11 is 1.68. The van der Waals surface area contributed by atoms with E-state index in [0.717, 1.165) is 37.9 Å². The summed E-state index contributed by atoms with van der Waals surface area (Å²) in [5.74, 6) is 0.488. The van der Waals surface area contributed by atoms with Gasteiger partial charge in [0, 0.05) is 19.5 Å². The highest BCUT2D eigenvalue weighted by molar-refractivity contribution is 7.07. The van der Waals surface area contributed by atoms with Gasteiger partial charge >= 0.3 is 0 Å². The van der Waals surface area contributed by atoms with Gasteiger partial charge in [0.2, 0.25) is 5.91 Å². The van der Waals surface area contributed by atoms with E-state index in [0.29, 0.717) is 6.42 Å². The van der Waals surface area contributed by atoms with Gasteiger partial charge in [0.1, 0.15) is 0 Å². The van der Waals surface area contributed by atoms with Crippen molar-refractivity contribution in [2.75, 3.05) is 13.1 Å². The average Bonchev–Trinajstić information content (AvgIpc) is 3.13. The fourth-order valence-electron chi connectivity index (χ4n) is 3.23. The molecule has 0 saturated carbocycles. The largest absolute Gasteiger partial charge is 0.388 e. The number of carbonyl (C=O) groups is 1. The minimum atomic E-state index is -0.417. The van der Waals surface area contributed by atoms with E-state index in [4.69, 9.17) is 0 Å². The fraction of sp³-hybridized carbons (Fsp3) is 0.421. The van der Waals surface area contributed by atoms with E-state index in [-0.39, 0.29) is 11.8 Å². The van der Waals surface area contributed by atoms with Crippen LogP contribution in [0.2, 0.25) is 0 Å². The Hall–Kier alpha value is -1.65. The summed E-state index contributed by atoms with van der Waals surface area (Å²) in [6.07, 6.45) is 2.75. The number of benzene rings is 1. The summed E-state index contributed by atoms with van der Waals surface area (Å²) in [7, 11) is 0. The number of hydrogen-bond acceptors (Lipinski definition) is 3. The zero-order chi connectivity index (χ0) is 16.1. The Morgan fingerprint density at radius 2 is 1.96 bits per heavy atom. The molecule has 2 heterocycles. The lowest BCUT2D eigenvalue weighted by molar-refractivity contribution is -0.133. The second-order valence-corrected chi connectivity index (χ2v) is 6.99. The molecule has 0 radical (unpaired) electrons. The first kappa shape index (κ1) is 16.2. The first-order valence-electron chi connectivity index (χ1n) is 8.26. The predicted octanol–water partition coefficient (Wildman–Crippen LogP) is 3.65. The van der Waals surface area contributed by atoms with Crippen molar-refractivity contribution in [1.82, 2.24) is 4.90 Å². The van der Waals surface area contributed by atoms with Crippen LogP contribution >= 0.6 is 11.3 Å². The van der Waals surface area contributed by atoms with Crippen molar-refractivity contribution in [3.63, 3.8) is 0 Å². The highest BCUT2D eigenvalue weighted by atomic mass is 32.1. The minimum absolute atomic E-state index is 0.240. The third-order valence-corrected chi connectivity index (χ3v) is 5.42. The zero-order valence-corrected chi connectivity index (χ0v) is 14.0. The molecule has 1 aromatic heterocycles. The maximum atomic E-state index is 12.3. The Morgan fingerprint density at radius 1 is 1.22 bits per heavy atom. The highest BCUT2D eigenvalue weighted by Crippen LogP contribution is 2.30. The number of thiophene rings is 1. The van der Waals surface area contributed by atoms with Gasteiger partial charge in [-0.2, -0.15) is 11.3 Å². The van der Waals surface area contributed by atoms with Crippen LogP contribution in [0.25, 0.3) is 0 Å². The number of nitrogens with zero attached hydrogens (tertiary/aromatic N) is 1. The van der Waals surface area contributed by atoms with E-state index in [1.165, 1.54) is 5.56 Å². The van der Waals surface area contributed by atoms with Crippen LogP contribution in [0.1, 0.15) is 36.5 Å². The highest BCUT2D eigenvalue weighted by Gasteiger charge is 2.27. The van der Waals surface area contributed by atoms with Crippen LogP contribution in [0.4, 0.5) is 0 Å². The molecule has 1 unspecified atom stereocenters. The van der Waals surface area contributed by atoms with Gasteiger partial charge in [-0.25, -0.2) is 0 Å². The van der Waals surface area contributed by atoms with Gasteiger partial charge in [-0.05, 0) is 53.1 Å². The summed E-state index contributed by atoms with van der Waals surface area (Å²) in [6, 6.07) is 11.9. The average molecular weight is 329 g/mol. The minimum Gasteiger partial charge on any atom is -0.388 e. The van der Waals surface area contributed by atoms with Crippen LogP contribution < -0.4 is 0 Å². The van der Waals surface area contributed by atoms with Crippen molar-refractivity contribution in [3.05, 3.63) is 58.3 Å². The summed E-state index contributed by atoms with van der Waals surface area (Å²) in [4.78, 5) is 14.3. The van der Waals surface area contributed by atoms with E-state index >= 15 is 0 Å². The molecule has 1 fully saturated rings. The summed E-state index contributed by atoms with van der Waals surface area (Å²) in [6.45, 7) is 1.52. The molecule has 2 aromatic rings. The molecule has 1 saturated heterocycles. The Balaban J connectivity index is 1.47. The number of carbonyl (C=O) groups excluding carboxylic acids is 1. The van der Waals surface area contributed by atoms with E-state index in [1.54, 1.807) is 11.3 Å². The molecule has 4 heteroatoms. The van der Waals surface area contributed by atoms with E-state index < -0.39 is 6.10 Å². The van der Waals surface area contributed by atoms with Gasteiger partial charge in [-0.15, -0.1) is 0 Å². The number of rotatable bonds is 5. The number of aliphatic hydroxyl groups excluding tert-OH is 1. The van der Waals surface area contributed by atoms with Crippen LogP contribution in [0.15, 0.2) is 47.2 Å². The molecule has 0 aliphatic carbocycles. The molecule has 1 amide bonds. The summed E-state index contributed by atoms with van der Waals surface area (Å²) in [5.41, 5.74) is 2.23. The Kier molecular flexibility index (Phi) is 5.47. The third kappa shape index (κ3) is 4.21. The second-order valence-electron chi connectivity index (χ2n) is 6.21. The molecule has 122 valence electrons. The number of aryl methyl sites for hydroxylation is 1. The maximum absolute atomic E-state index is 12.3. The SMILES string of the molecule is O=C(CCc1ccsc1)N1CCC(C(O)c2ccccc2)CC1. The Bertz CT molecular complexity index is 604. The van der Waals surface area contributed by atoms with Crippen molar-refractivity contribution < 1.29 is 9.90 Å². The third-order valence-electron chi connectivity index (χ3n) is 4.69. The molecular weight excluding hydrogens is 306 g/mol.